The molecule has 0 amide bonds. The molecule has 0 spiro atoms. The average molecular weight is 234 g/mol. The molecule has 1 atom stereocenters. The SMILES string of the molecule is CN(Cc1ccccc1)C1CCN(CCO)C1. The van der Waals surface area contributed by atoms with Crippen molar-refractivity contribution >= 4 is 0 Å². The predicted octanol–water partition coefficient (Wildman–Crippen LogP) is 1.19. The minimum atomic E-state index is 0.273. The molecule has 0 saturated carbocycles. The van der Waals surface area contributed by atoms with Crippen molar-refractivity contribution in [1.82, 2.24) is 9.80 Å². The predicted molar refractivity (Wildman–Crippen MR) is 69.8 cm³/mol. The number of β-amino-alcohol motifs (C(OH)–C–C–N with tert-alkyl or cyclic N) is 1. The van der Waals surface area contributed by atoms with Crippen LogP contribution in [-0.4, -0.2) is 54.2 Å². The lowest BCUT2D eigenvalue weighted by Crippen LogP contribution is -2.34. The third-order valence-electron chi connectivity index (χ3n) is 3.56. The third-order valence-corrected chi connectivity index (χ3v) is 3.56. The van der Waals surface area contributed by atoms with E-state index in [9.17, 15) is 0 Å². The fourth-order valence-electron chi connectivity index (χ4n) is 2.52. The fraction of sp³-hybridized carbons (Fsp3) is 0.571. The van der Waals surface area contributed by atoms with Gasteiger partial charge >= 0.3 is 0 Å². The van der Waals surface area contributed by atoms with Crippen LogP contribution >= 0.6 is 0 Å². The van der Waals surface area contributed by atoms with Gasteiger partial charge in [-0.3, -0.25) is 9.80 Å². The Hall–Kier alpha value is -0.900. The normalized spacial score (nSPS) is 21.2. The molecule has 1 aromatic rings. The van der Waals surface area contributed by atoms with E-state index in [0.717, 1.165) is 26.2 Å². The van der Waals surface area contributed by atoms with Gasteiger partial charge in [-0.25, -0.2) is 0 Å². The lowest BCUT2D eigenvalue weighted by atomic mass is 10.1. The Kier molecular flexibility index (Phi) is 4.54. The minimum Gasteiger partial charge on any atom is -0.395 e. The first-order valence-electron chi connectivity index (χ1n) is 6.37. The molecule has 0 radical (unpaired) electrons. The largest absolute Gasteiger partial charge is 0.395 e. The molecule has 1 aliphatic rings. The Morgan fingerprint density at radius 3 is 2.82 bits per heavy atom. The topological polar surface area (TPSA) is 26.7 Å². The molecule has 1 unspecified atom stereocenters. The molecule has 0 aliphatic carbocycles. The summed E-state index contributed by atoms with van der Waals surface area (Å²) in [6.45, 7) is 4.30. The molecule has 94 valence electrons. The lowest BCUT2D eigenvalue weighted by Gasteiger charge is -2.24. The van der Waals surface area contributed by atoms with Gasteiger partial charge in [-0.15, -0.1) is 0 Å². The number of likely N-dealkylation sites (tertiary alicyclic amines) is 1. The summed E-state index contributed by atoms with van der Waals surface area (Å²) in [5.74, 6) is 0. The molecule has 0 aromatic heterocycles. The highest BCUT2D eigenvalue weighted by atomic mass is 16.3. The molecule has 17 heavy (non-hydrogen) atoms. The van der Waals surface area contributed by atoms with Crippen LogP contribution in [-0.2, 0) is 6.54 Å². The molecule has 1 aliphatic heterocycles. The molecule has 2 rings (SSSR count). The second-order valence-electron chi connectivity index (χ2n) is 4.87. The van der Waals surface area contributed by atoms with E-state index >= 15 is 0 Å². The molecule has 1 aromatic carbocycles. The minimum absolute atomic E-state index is 0.273. The van der Waals surface area contributed by atoms with Crippen LogP contribution in [0.15, 0.2) is 30.3 Å². The zero-order valence-electron chi connectivity index (χ0n) is 10.5. The van der Waals surface area contributed by atoms with Crippen molar-refractivity contribution in [2.24, 2.45) is 0 Å². The quantitative estimate of drug-likeness (QED) is 0.829. The van der Waals surface area contributed by atoms with Crippen molar-refractivity contribution in [2.45, 2.75) is 19.0 Å². The highest BCUT2D eigenvalue weighted by molar-refractivity contribution is 5.14. The van der Waals surface area contributed by atoms with E-state index in [1.807, 2.05) is 0 Å². The number of nitrogens with zero attached hydrogens (tertiary/aromatic N) is 2. The van der Waals surface area contributed by atoms with Crippen LogP contribution in [0.5, 0.6) is 0 Å². The van der Waals surface area contributed by atoms with Crippen molar-refractivity contribution in [3.8, 4) is 0 Å². The van der Waals surface area contributed by atoms with Crippen molar-refractivity contribution in [2.75, 3.05) is 33.3 Å². The van der Waals surface area contributed by atoms with E-state index in [4.69, 9.17) is 5.11 Å². The standard InChI is InChI=1S/C14H22N2O/c1-15(11-13-5-3-2-4-6-13)14-7-8-16(12-14)9-10-17/h2-6,14,17H,7-12H2,1H3. The molecule has 1 N–H and O–H groups in total. The summed E-state index contributed by atoms with van der Waals surface area (Å²) < 4.78 is 0. The number of likely N-dealkylation sites (N-methyl/N-ethyl adjacent to an activating group) is 1. The zero-order valence-corrected chi connectivity index (χ0v) is 10.5. The molecule has 0 bridgehead atoms. The van der Waals surface area contributed by atoms with Crippen LogP contribution < -0.4 is 0 Å². The first kappa shape index (κ1) is 12.6. The van der Waals surface area contributed by atoms with Gasteiger partial charge in [0.15, 0.2) is 0 Å². The average Bonchev–Trinajstić information content (AvgIpc) is 2.79. The van der Waals surface area contributed by atoms with Gasteiger partial charge < -0.3 is 5.11 Å². The molecule has 1 heterocycles. The van der Waals surface area contributed by atoms with E-state index < -0.39 is 0 Å². The second kappa shape index (κ2) is 6.15. The van der Waals surface area contributed by atoms with Gasteiger partial charge in [0.2, 0.25) is 0 Å². The Labute approximate surface area is 104 Å². The maximum absolute atomic E-state index is 8.93. The van der Waals surface area contributed by atoms with Crippen molar-refractivity contribution in [1.29, 1.82) is 0 Å². The Morgan fingerprint density at radius 2 is 2.12 bits per heavy atom. The molecule has 3 nitrogen and oxygen atoms in total. The first-order valence-corrected chi connectivity index (χ1v) is 6.37. The molecule has 3 heteroatoms. The third kappa shape index (κ3) is 3.53. The van der Waals surface area contributed by atoms with Crippen molar-refractivity contribution in [3.05, 3.63) is 35.9 Å². The number of aliphatic hydroxyl groups excluding tert-OH is 1. The van der Waals surface area contributed by atoms with E-state index in [1.165, 1.54) is 12.0 Å². The van der Waals surface area contributed by atoms with Crippen LogP contribution in [0, 0.1) is 0 Å². The second-order valence-corrected chi connectivity index (χ2v) is 4.87. The van der Waals surface area contributed by atoms with Crippen LogP contribution in [0.4, 0.5) is 0 Å². The number of hydrogen-bond acceptors (Lipinski definition) is 3. The smallest absolute Gasteiger partial charge is 0.0558 e. The van der Waals surface area contributed by atoms with Gasteiger partial charge in [0.1, 0.15) is 0 Å². The first-order chi connectivity index (χ1) is 8.29. The van der Waals surface area contributed by atoms with Gasteiger partial charge in [0, 0.05) is 25.7 Å². The van der Waals surface area contributed by atoms with Crippen LogP contribution in [0.25, 0.3) is 0 Å². The maximum Gasteiger partial charge on any atom is 0.0558 e. The van der Waals surface area contributed by atoms with Gasteiger partial charge in [0.25, 0.3) is 0 Å². The molecule has 1 saturated heterocycles. The summed E-state index contributed by atoms with van der Waals surface area (Å²) in [6, 6.07) is 11.2. The highest BCUT2D eigenvalue weighted by Crippen LogP contribution is 2.16. The summed E-state index contributed by atoms with van der Waals surface area (Å²) in [5.41, 5.74) is 1.37. The molecular weight excluding hydrogens is 212 g/mol. The van der Waals surface area contributed by atoms with E-state index in [1.54, 1.807) is 0 Å². The van der Waals surface area contributed by atoms with Gasteiger partial charge in [-0.1, -0.05) is 30.3 Å². The van der Waals surface area contributed by atoms with E-state index in [2.05, 4.69) is 47.2 Å². The summed E-state index contributed by atoms with van der Waals surface area (Å²) in [7, 11) is 2.19. The Bertz CT molecular complexity index is 328. The van der Waals surface area contributed by atoms with Crippen LogP contribution in [0.2, 0.25) is 0 Å². The lowest BCUT2D eigenvalue weighted by molar-refractivity contribution is 0.195. The zero-order chi connectivity index (χ0) is 12.1. The number of aliphatic hydroxyl groups is 1. The summed E-state index contributed by atoms with van der Waals surface area (Å²) in [4.78, 5) is 4.76. The molecule has 1 fully saturated rings. The number of benzene rings is 1. The Morgan fingerprint density at radius 1 is 1.35 bits per heavy atom. The summed E-state index contributed by atoms with van der Waals surface area (Å²) >= 11 is 0. The summed E-state index contributed by atoms with van der Waals surface area (Å²) in [5, 5.41) is 8.93. The van der Waals surface area contributed by atoms with Crippen molar-refractivity contribution < 1.29 is 5.11 Å². The maximum atomic E-state index is 8.93. The van der Waals surface area contributed by atoms with Crippen molar-refractivity contribution in [3.63, 3.8) is 0 Å². The van der Waals surface area contributed by atoms with Gasteiger partial charge in [-0.05, 0) is 25.6 Å². The van der Waals surface area contributed by atoms with E-state index in [-0.39, 0.29) is 6.61 Å². The van der Waals surface area contributed by atoms with Crippen LogP contribution in [0.3, 0.4) is 0 Å². The fourth-order valence-corrected chi connectivity index (χ4v) is 2.52. The molecular formula is C14H22N2O. The van der Waals surface area contributed by atoms with E-state index in [0.29, 0.717) is 6.04 Å². The monoisotopic (exact) mass is 234 g/mol. The number of hydrogen-bond donors (Lipinski definition) is 1. The van der Waals surface area contributed by atoms with Crippen LogP contribution in [0.1, 0.15) is 12.0 Å². The summed E-state index contributed by atoms with van der Waals surface area (Å²) in [6.07, 6.45) is 1.21. The Balaban J connectivity index is 1.83. The van der Waals surface area contributed by atoms with Gasteiger partial charge in [-0.2, -0.15) is 0 Å². The highest BCUT2D eigenvalue weighted by Gasteiger charge is 2.24. The number of rotatable bonds is 5. The van der Waals surface area contributed by atoms with Gasteiger partial charge in [0.05, 0.1) is 6.61 Å².